The Morgan fingerprint density at radius 2 is 2.26 bits per heavy atom. The van der Waals surface area contributed by atoms with Crippen molar-refractivity contribution in [2.75, 3.05) is 6.54 Å². The lowest BCUT2D eigenvalue weighted by molar-refractivity contribution is -0.121. The van der Waals surface area contributed by atoms with E-state index in [1.165, 1.54) is 10.9 Å². The van der Waals surface area contributed by atoms with Gasteiger partial charge in [-0.05, 0) is 24.6 Å². The fraction of sp³-hybridized carbons (Fsp3) is 0.308. The molecule has 0 bridgehead atoms. The van der Waals surface area contributed by atoms with E-state index < -0.39 is 0 Å². The molecule has 2 rings (SSSR count). The molecule has 0 aliphatic carbocycles. The summed E-state index contributed by atoms with van der Waals surface area (Å²) in [5, 5.41) is 3.60. The van der Waals surface area contributed by atoms with E-state index in [-0.39, 0.29) is 18.0 Å². The number of rotatable bonds is 4. The van der Waals surface area contributed by atoms with E-state index in [0.717, 1.165) is 6.42 Å². The normalized spacial score (nSPS) is 10.6. The number of aromatic nitrogens is 2. The number of hydrogen-bond acceptors (Lipinski definition) is 3. The minimum atomic E-state index is -0.265. The van der Waals surface area contributed by atoms with E-state index in [1.54, 1.807) is 18.2 Å². The Morgan fingerprint density at radius 3 is 3.00 bits per heavy atom. The lowest BCUT2D eigenvalue weighted by Gasteiger charge is -2.07. The number of carbonyl (C=O) groups is 1. The van der Waals surface area contributed by atoms with Crippen molar-refractivity contribution in [2.45, 2.75) is 19.9 Å². The summed E-state index contributed by atoms with van der Waals surface area (Å²) in [6.07, 6.45) is 2.23. The van der Waals surface area contributed by atoms with Crippen molar-refractivity contribution in [3.8, 4) is 0 Å². The van der Waals surface area contributed by atoms with E-state index in [4.69, 9.17) is 11.6 Å². The third-order valence-corrected chi connectivity index (χ3v) is 2.91. The molecule has 2 aromatic rings. The Hall–Kier alpha value is -1.88. The number of hydrogen-bond donors (Lipinski definition) is 1. The van der Waals surface area contributed by atoms with Crippen molar-refractivity contribution in [1.82, 2.24) is 14.9 Å². The molecule has 0 unspecified atom stereocenters. The molecule has 0 aliphatic rings. The molecule has 0 saturated heterocycles. The zero-order valence-electron chi connectivity index (χ0n) is 10.5. The van der Waals surface area contributed by atoms with Gasteiger partial charge >= 0.3 is 0 Å². The van der Waals surface area contributed by atoms with Crippen LogP contribution in [0.25, 0.3) is 10.9 Å². The van der Waals surface area contributed by atoms with Gasteiger partial charge in [-0.25, -0.2) is 4.98 Å². The molecule has 5 nitrogen and oxygen atoms in total. The maximum absolute atomic E-state index is 12.2. The maximum Gasteiger partial charge on any atom is 0.261 e. The van der Waals surface area contributed by atoms with E-state index in [0.29, 0.717) is 22.5 Å². The van der Waals surface area contributed by atoms with Crippen LogP contribution in [0.2, 0.25) is 5.02 Å². The Balaban J connectivity index is 2.32. The summed E-state index contributed by atoms with van der Waals surface area (Å²) in [5.41, 5.74) is 0.304. The van der Waals surface area contributed by atoms with Crippen LogP contribution in [0.5, 0.6) is 0 Å². The zero-order valence-corrected chi connectivity index (χ0v) is 11.3. The van der Waals surface area contributed by atoms with Crippen LogP contribution in [0.4, 0.5) is 0 Å². The first-order valence-electron chi connectivity index (χ1n) is 6.03. The predicted octanol–water partition coefficient (Wildman–Crippen LogP) is 1.58. The molecule has 0 radical (unpaired) electrons. The summed E-state index contributed by atoms with van der Waals surface area (Å²) < 4.78 is 1.28. The highest BCUT2D eigenvalue weighted by atomic mass is 35.5. The highest BCUT2D eigenvalue weighted by molar-refractivity contribution is 6.31. The molecule has 0 aliphatic heterocycles. The first kappa shape index (κ1) is 13.5. The van der Waals surface area contributed by atoms with Gasteiger partial charge < -0.3 is 5.32 Å². The predicted molar refractivity (Wildman–Crippen MR) is 74.3 cm³/mol. The van der Waals surface area contributed by atoms with Crippen LogP contribution in [0.15, 0.2) is 29.3 Å². The largest absolute Gasteiger partial charge is 0.355 e. The molecule has 19 heavy (non-hydrogen) atoms. The van der Waals surface area contributed by atoms with Gasteiger partial charge in [-0.15, -0.1) is 0 Å². The van der Waals surface area contributed by atoms with Gasteiger partial charge in [0, 0.05) is 11.6 Å². The van der Waals surface area contributed by atoms with E-state index in [9.17, 15) is 9.59 Å². The highest BCUT2D eigenvalue weighted by Gasteiger charge is 2.08. The van der Waals surface area contributed by atoms with Gasteiger partial charge in [0.2, 0.25) is 5.91 Å². The van der Waals surface area contributed by atoms with Crippen LogP contribution >= 0.6 is 11.6 Å². The van der Waals surface area contributed by atoms with Gasteiger partial charge in [-0.3, -0.25) is 14.2 Å². The molecule has 100 valence electrons. The average molecular weight is 280 g/mol. The summed E-state index contributed by atoms with van der Waals surface area (Å²) in [7, 11) is 0. The van der Waals surface area contributed by atoms with Gasteiger partial charge in [-0.1, -0.05) is 18.5 Å². The van der Waals surface area contributed by atoms with Crippen LogP contribution in [0, 0.1) is 0 Å². The summed E-state index contributed by atoms with van der Waals surface area (Å²) in [6, 6.07) is 4.92. The van der Waals surface area contributed by atoms with E-state index in [2.05, 4.69) is 10.3 Å². The Bertz CT molecular complexity index is 666. The molecule has 6 heteroatoms. The molecule has 1 amide bonds. The molecule has 0 fully saturated rings. The SMILES string of the molecule is CCCNC(=O)Cn1cnc2ccc(Cl)cc2c1=O. The van der Waals surface area contributed by atoms with Crippen molar-refractivity contribution < 1.29 is 4.79 Å². The van der Waals surface area contributed by atoms with Gasteiger partial charge in [0.25, 0.3) is 5.56 Å². The molecule has 0 atom stereocenters. The van der Waals surface area contributed by atoms with Crippen molar-refractivity contribution in [1.29, 1.82) is 0 Å². The number of fused-ring (bicyclic) bond motifs is 1. The van der Waals surface area contributed by atoms with Crippen molar-refractivity contribution in [3.63, 3.8) is 0 Å². The minimum absolute atomic E-state index is 0.0334. The van der Waals surface area contributed by atoms with Gasteiger partial charge in [-0.2, -0.15) is 0 Å². The number of nitrogens with one attached hydrogen (secondary N) is 1. The van der Waals surface area contributed by atoms with Gasteiger partial charge in [0.15, 0.2) is 0 Å². The Kier molecular flexibility index (Phi) is 4.16. The summed E-state index contributed by atoms with van der Waals surface area (Å²) in [4.78, 5) is 27.9. The number of amides is 1. The molecule has 1 N–H and O–H groups in total. The molecule has 0 spiro atoms. The fourth-order valence-electron chi connectivity index (χ4n) is 1.72. The maximum atomic E-state index is 12.2. The highest BCUT2D eigenvalue weighted by Crippen LogP contribution is 2.13. The smallest absolute Gasteiger partial charge is 0.261 e. The van der Waals surface area contributed by atoms with Crippen LogP contribution in [-0.4, -0.2) is 22.0 Å². The quantitative estimate of drug-likeness (QED) is 0.924. The van der Waals surface area contributed by atoms with Crippen molar-refractivity contribution >= 4 is 28.4 Å². The Morgan fingerprint density at radius 1 is 1.47 bits per heavy atom. The first-order chi connectivity index (χ1) is 9.11. The monoisotopic (exact) mass is 279 g/mol. The average Bonchev–Trinajstić information content (AvgIpc) is 2.40. The molecule has 1 aromatic heterocycles. The number of halogens is 1. The number of carbonyl (C=O) groups excluding carboxylic acids is 1. The molecular formula is C13H14ClN3O2. The summed E-state index contributed by atoms with van der Waals surface area (Å²) >= 11 is 5.86. The molecular weight excluding hydrogens is 266 g/mol. The fourth-order valence-corrected chi connectivity index (χ4v) is 1.89. The van der Waals surface area contributed by atoms with Crippen molar-refractivity contribution in [3.05, 3.63) is 39.9 Å². The number of benzene rings is 1. The minimum Gasteiger partial charge on any atom is -0.355 e. The summed E-state index contributed by atoms with van der Waals surface area (Å²) in [6.45, 7) is 2.53. The second-order valence-corrected chi connectivity index (χ2v) is 4.63. The second-order valence-electron chi connectivity index (χ2n) is 4.19. The van der Waals surface area contributed by atoms with E-state index >= 15 is 0 Å². The van der Waals surface area contributed by atoms with Crippen LogP contribution in [-0.2, 0) is 11.3 Å². The topological polar surface area (TPSA) is 64.0 Å². The second kappa shape index (κ2) is 5.84. The first-order valence-corrected chi connectivity index (χ1v) is 6.41. The van der Waals surface area contributed by atoms with Crippen LogP contribution < -0.4 is 10.9 Å². The molecule has 1 aromatic carbocycles. The lowest BCUT2D eigenvalue weighted by atomic mass is 10.2. The van der Waals surface area contributed by atoms with E-state index in [1.807, 2.05) is 6.92 Å². The molecule has 0 saturated carbocycles. The van der Waals surface area contributed by atoms with Crippen LogP contribution in [0.3, 0.4) is 0 Å². The summed E-state index contributed by atoms with van der Waals surface area (Å²) in [5.74, 6) is -0.202. The van der Waals surface area contributed by atoms with Gasteiger partial charge in [0.05, 0.1) is 17.2 Å². The van der Waals surface area contributed by atoms with Crippen molar-refractivity contribution in [2.24, 2.45) is 0 Å². The van der Waals surface area contributed by atoms with Crippen LogP contribution in [0.1, 0.15) is 13.3 Å². The lowest BCUT2D eigenvalue weighted by Crippen LogP contribution is -2.32. The zero-order chi connectivity index (χ0) is 13.8. The Labute approximate surface area is 115 Å². The third kappa shape index (κ3) is 3.12. The van der Waals surface area contributed by atoms with Gasteiger partial charge in [0.1, 0.15) is 6.54 Å². The standard InChI is InChI=1S/C13H14ClN3O2/c1-2-5-15-12(18)7-17-8-16-11-4-3-9(14)6-10(11)13(17)19/h3-4,6,8H,2,5,7H2,1H3,(H,15,18). The third-order valence-electron chi connectivity index (χ3n) is 2.67. The molecule has 1 heterocycles. The number of nitrogens with zero attached hydrogens (tertiary/aromatic N) is 2.